The third-order valence-corrected chi connectivity index (χ3v) is 3.31. The third-order valence-electron chi connectivity index (χ3n) is 3.31. The van der Waals surface area contributed by atoms with E-state index >= 15 is 0 Å². The Labute approximate surface area is 113 Å². The number of carboxylic acids is 1. The zero-order valence-electron chi connectivity index (χ0n) is 11.5. The number of ether oxygens (including phenoxy) is 1. The van der Waals surface area contributed by atoms with E-state index in [9.17, 15) is 9.90 Å². The van der Waals surface area contributed by atoms with Gasteiger partial charge in [0.1, 0.15) is 11.8 Å². The molecule has 0 aromatic heterocycles. The van der Waals surface area contributed by atoms with Crippen LogP contribution in [0.3, 0.4) is 0 Å². The molecule has 2 rings (SSSR count). The summed E-state index contributed by atoms with van der Waals surface area (Å²) in [6.07, 6.45) is 1.58. The lowest BCUT2D eigenvalue weighted by Crippen LogP contribution is -2.37. The molecule has 0 radical (unpaired) electrons. The second-order valence-electron chi connectivity index (χ2n) is 5.44. The summed E-state index contributed by atoms with van der Waals surface area (Å²) >= 11 is 0. The standard InChI is InChI=1S/C15H21NO3/c1-10(2)7-13(15(17)18)16-9-11-3-4-14-12(8-11)5-6-19-14/h3-4,8,10,13,16H,5-7,9H2,1-2H3,(H,17,18)/t13-/m1/s1. The first-order valence-electron chi connectivity index (χ1n) is 6.77. The number of rotatable bonds is 6. The Bertz CT molecular complexity index is 457. The number of hydrogen-bond donors (Lipinski definition) is 2. The summed E-state index contributed by atoms with van der Waals surface area (Å²) in [4.78, 5) is 11.2. The van der Waals surface area contributed by atoms with E-state index in [-0.39, 0.29) is 0 Å². The van der Waals surface area contributed by atoms with Crippen molar-refractivity contribution < 1.29 is 14.6 Å². The van der Waals surface area contributed by atoms with Crippen LogP contribution in [0.15, 0.2) is 18.2 Å². The Balaban J connectivity index is 1.95. The van der Waals surface area contributed by atoms with Crippen LogP contribution in [0.5, 0.6) is 5.75 Å². The first-order chi connectivity index (χ1) is 9.06. The molecule has 0 aliphatic carbocycles. The van der Waals surface area contributed by atoms with Gasteiger partial charge >= 0.3 is 5.97 Å². The molecule has 104 valence electrons. The van der Waals surface area contributed by atoms with E-state index in [0.29, 0.717) is 18.9 Å². The van der Waals surface area contributed by atoms with E-state index in [1.54, 1.807) is 0 Å². The van der Waals surface area contributed by atoms with Gasteiger partial charge in [0.05, 0.1) is 6.61 Å². The fourth-order valence-electron chi connectivity index (χ4n) is 2.33. The molecular weight excluding hydrogens is 242 g/mol. The molecule has 1 atom stereocenters. The number of nitrogens with one attached hydrogen (secondary N) is 1. The molecule has 1 heterocycles. The Morgan fingerprint density at radius 1 is 1.47 bits per heavy atom. The van der Waals surface area contributed by atoms with Crippen LogP contribution in [0.4, 0.5) is 0 Å². The normalized spacial score (nSPS) is 15.1. The lowest BCUT2D eigenvalue weighted by molar-refractivity contribution is -0.140. The number of carboxylic acid groups (broad SMARTS) is 1. The van der Waals surface area contributed by atoms with Crippen molar-refractivity contribution in [1.82, 2.24) is 5.32 Å². The first-order valence-corrected chi connectivity index (χ1v) is 6.77. The third kappa shape index (κ3) is 3.70. The van der Waals surface area contributed by atoms with E-state index in [4.69, 9.17) is 4.74 Å². The van der Waals surface area contributed by atoms with E-state index in [1.807, 2.05) is 26.0 Å². The quantitative estimate of drug-likeness (QED) is 0.826. The lowest BCUT2D eigenvalue weighted by Gasteiger charge is -2.16. The lowest BCUT2D eigenvalue weighted by atomic mass is 10.0. The summed E-state index contributed by atoms with van der Waals surface area (Å²) in [5, 5.41) is 12.3. The number of carbonyl (C=O) groups is 1. The van der Waals surface area contributed by atoms with Crippen molar-refractivity contribution in [2.45, 2.75) is 39.3 Å². The molecule has 0 fully saturated rings. The van der Waals surface area contributed by atoms with Gasteiger partial charge in [0.2, 0.25) is 0 Å². The van der Waals surface area contributed by atoms with Gasteiger partial charge in [0.25, 0.3) is 0 Å². The summed E-state index contributed by atoms with van der Waals surface area (Å²) in [6.45, 7) is 5.39. The average molecular weight is 263 g/mol. The predicted molar refractivity (Wildman–Crippen MR) is 73.4 cm³/mol. The van der Waals surface area contributed by atoms with Crippen molar-refractivity contribution in [1.29, 1.82) is 0 Å². The maximum absolute atomic E-state index is 11.2. The number of benzene rings is 1. The molecule has 0 unspecified atom stereocenters. The predicted octanol–water partition coefficient (Wildman–Crippen LogP) is 2.21. The van der Waals surface area contributed by atoms with Crippen LogP contribution in [0.1, 0.15) is 31.4 Å². The zero-order chi connectivity index (χ0) is 13.8. The SMILES string of the molecule is CC(C)C[C@@H](NCc1ccc2c(c1)CCO2)C(=O)O. The number of fused-ring (bicyclic) bond motifs is 1. The fraction of sp³-hybridized carbons (Fsp3) is 0.533. The highest BCUT2D eigenvalue weighted by Crippen LogP contribution is 2.25. The van der Waals surface area contributed by atoms with Gasteiger partial charge in [0, 0.05) is 13.0 Å². The average Bonchev–Trinajstić information content (AvgIpc) is 2.80. The molecule has 0 spiro atoms. The monoisotopic (exact) mass is 263 g/mol. The van der Waals surface area contributed by atoms with Crippen LogP contribution < -0.4 is 10.1 Å². The topological polar surface area (TPSA) is 58.6 Å². The van der Waals surface area contributed by atoms with Gasteiger partial charge in [-0.2, -0.15) is 0 Å². The molecule has 1 aromatic rings. The Hall–Kier alpha value is -1.55. The molecule has 0 bridgehead atoms. The Kier molecular flexibility index (Phi) is 4.43. The highest BCUT2D eigenvalue weighted by atomic mass is 16.5. The van der Waals surface area contributed by atoms with Crippen LogP contribution in [0.25, 0.3) is 0 Å². The molecule has 19 heavy (non-hydrogen) atoms. The van der Waals surface area contributed by atoms with Crippen molar-refractivity contribution in [2.75, 3.05) is 6.61 Å². The molecule has 0 saturated carbocycles. The van der Waals surface area contributed by atoms with Gasteiger partial charge in [-0.1, -0.05) is 26.0 Å². The van der Waals surface area contributed by atoms with E-state index < -0.39 is 12.0 Å². The van der Waals surface area contributed by atoms with Crippen LogP contribution >= 0.6 is 0 Å². The summed E-state index contributed by atoms with van der Waals surface area (Å²) in [7, 11) is 0. The number of hydrogen-bond acceptors (Lipinski definition) is 3. The minimum atomic E-state index is -0.779. The van der Waals surface area contributed by atoms with Crippen LogP contribution in [0, 0.1) is 5.92 Å². The van der Waals surface area contributed by atoms with Crippen molar-refractivity contribution in [2.24, 2.45) is 5.92 Å². The minimum Gasteiger partial charge on any atom is -0.493 e. The van der Waals surface area contributed by atoms with Gasteiger partial charge in [-0.25, -0.2) is 0 Å². The summed E-state index contributed by atoms with van der Waals surface area (Å²) in [5.41, 5.74) is 2.33. The molecule has 2 N–H and O–H groups in total. The molecule has 1 aliphatic heterocycles. The van der Waals surface area contributed by atoms with E-state index in [1.165, 1.54) is 5.56 Å². The Morgan fingerprint density at radius 2 is 2.26 bits per heavy atom. The summed E-state index contributed by atoms with van der Waals surface area (Å²) in [6, 6.07) is 5.58. The molecule has 0 saturated heterocycles. The molecule has 1 aliphatic rings. The highest BCUT2D eigenvalue weighted by molar-refractivity contribution is 5.73. The van der Waals surface area contributed by atoms with Crippen LogP contribution in [-0.4, -0.2) is 23.7 Å². The highest BCUT2D eigenvalue weighted by Gasteiger charge is 2.18. The van der Waals surface area contributed by atoms with E-state index in [0.717, 1.165) is 24.3 Å². The Morgan fingerprint density at radius 3 is 2.95 bits per heavy atom. The smallest absolute Gasteiger partial charge is 0.320 e. The van der Waals surface area contributed by atoms with Crippen molar-refractivity contribution >= 4 is 5.97 Å². The molecule has 0 amide bonds. The van der Waals surface area contributed by atoms with Gasteiger partial charge in [-0.3, -0.25) is 4.79 Å². The van der Waals surface area contributed by atoms with Gasteiger partial charge in [-0.15, -0.1) is 0 Å². The van der Waals surface area contributed by atoms with Crippen molar-refractivity contribution in [3.05, 3.63) is 29.3 Å². The van der Waals surface area contributed by atoms with Gasteiger partial charge < -0.3 is 15.2 Å². The summed E-state index contributed by atoms with van der Waals surface area (Å²) < 4.78 is 5.46. The van der Waals surface area contributed by atoms with E-state index in [2.05, 4.69) is 11.4 Å². The minimum absolute atomic E-state index is 0.363. The molecule has 4 nitrogen and oxygen atoms in total. The zero-order valence-corrected chi connectivity index (χ0v) is 11.5. The summed E-state index contributed by atoms with van der Waals surface area (Å²) in [5.74, 6) is 0.543. The maximum Gasteiger partial charge on any atom is 0.320 e. The number of aliphatic carboxylic acids is 1. The fourth-order valence-corrected chi connectivity index (χ4v) is 2.33. The van der Waals surface area contributed by atoms with Crippen LogP contribution in [0.2, 0.25) is 0 Å². The first kappa shape index (κ1) is 13.9. The van der Waals surface area contributed by atoms with Gasteiger partial charge in [0.15, 0.2) is 0 Å². The second kappa shape index (κ2) is 6.06. The van der Waals surface area contributed by atoms with Crippen molar-refractivity contribution in [3.8, 4) is 5.75 Å². The molecular formula is C15H21NO3. The maximum atomic E-state index is 11.2. The van der Waals surface area contributed by atoms with Gasteiger partial charge in [-0.05, 0) is 29.5 Å². The molecule has 1 aromatic carbocycles. The molecule has 4 heteroatoms. The van der Waals surface area contributed by atoms with Crippen molar-refractivity contribution in [3.63, 3.8) is 0 Å². The largest absolute Gasteiger partial charge is 0.493 e. The second-order valence-corrected chi connectivity index (χ2v) is 5.44. The van der Waals surface area contributed by atoms with Crippen LogP contribution in [-0.2, 0) is 17.8 Å².